The summed E-state index contributed by atoms with van der Waals surface area (Å²) in [6.07, 6.45) is 9.50. The lowest BCUT2D eigenvalue weighted by Crippen LogP contribution is -2.20. The van der Waals surface area contributed by atoms with Crippen molar-refractivity contribution in [2.75, 3.05) is 6.54 Å². The highest BCUT2D eigenvalue weighted by molar-refractivity contribution is 5.24. The summed E-state index contributed by atoms with van der Waals surface area (Å²) in [6.45, 7) is 5.51. The van der Waals surface area contributed by atoms with E-state index >= 15 is 0 Å². The van der Waals surface area contributed by atoms with Crippen molar-refractivity contribution in [2.24, 2.45) is 5.92 Å². The summed E-state index contributed by atoms with van der Waals surface area (Å²) in [5.41, 5.74) is 2.66. The molecule has 2 heteroatoms. The molecule has 88 valence electrons. The van der Waals surface area contributed by atoms with Crippen LogP contribution in [0.4, 0.5) is 0 Å². The summed E-state index contributed by atoms with van der Waals surface area (Å²) in [5.74, 6) is 1.05. The Kier molecular flexibility index (Phi) is 3.94. The molecule has 1 unspecified atom stereocenters. The molecule has 0 aliphatic heterocycles. The Morgan fingerprint density at radius 3 is 3.00 bits per heavy atom. The van der Waals surface area contributed by atoms with Crippen LogP contribution in [0.15, 0.2) is 18.5 Å². The zero-order valence-electron chi connectivity index (χ0n) is 10.4. The summed E-state index contributed by atoms with van der Waals surface area (Å²) in [7, 11) is 0. The minimum absolute atomic E-state index is 0.424. The van der Waals surface area contributed by atoms with Crippen molar-refractivity contribution in [3.63, 3.8) is 0 Å². The van der Waals surface area contributed by atoms with E-state index in [1.54, 1.807) is 0 Å². The molecule has 1 atom stereocenters. The predicted molar refractivity (Wildman–Crippen MR) is 67.3 cm³/mol. The van der Waals surface area contributed by atoms with E-state index in [0.29, 0.717) is 6.04 Å². The van der Waals surface area contributed by atoms with Crippen molar-refractivity contribution in [1.82, 2.24) is 10.3 Å². The third kappa shape index (κ3) is 3.31. The normalized spacial score (nSPS) is 17.4. The molecule has 2 rings (SSSR count). The molecule has 1 heterocycles. The standard InChI is InChI=1S/C14H22N2/c1-11-7-9-15-10-14(11)12(2)16-8-3-4-13-5-6-13/h7,9-10,12-13,16H,3-6,8H2,1-2H3. The van der Waals surface area contributed by atoms with Crippen LogP contribution >= 0.6 is 0 Å². The van der Waals surface area contributed by atoms with Gasteiger partial charge < -0.3 is 5.32 Å². The van der Waals surface area contributed by atoms with Crippen LogP contribution in [0, 0.1) is 12.8 Å². The van der Waals surface area contributed by atoms with Crippen molar-refractivity contribution in [3.05, 3.63) is 29.6 Å². The lowest BCUT2D eigenvalue weighted by Gasteiger charge is -2.15. The maximum absolute atomic E-state index is 4.19. The maximum Gasteiger partial charge on any atom is 0.0318 e. The number of aryl methyl sites for hydroxylation is 1. The van der Waals surface area contributed by atoms with Gasteiger partial charge in [0.1, 0.15) is 0 Å². The fourth-order valence-electron chi connectivity index (χ4n) is 2.16. The average molecular weight is 218 g/mol. The third-order valence-electron chi connectivity index (χ3n) is 3.48. The minimum atomic E-state index is 0.424. The Morgan fingerprint density at radius 2 is 2.31 bits per heavy atom. The van der Waals surface area contributed by atoms with E-state index in [2.05, 4.69) is 30.2 Å². The Hall–Kier alpha value is -0.890. The number of nitrogens with one attached hydrogen (secondary N) is 1. The van der Waals surface area contributed by atoms with E-state index in [-0.39, 0.29) is 0 Å². The lowest BCUT2D eigenvalue weighted by atomic mass is 10.1. The summed E-state index contributed by atoms with van der Waals surface area (Å²) in [4.78, 5) is 4.19. The van der Waals surface area contributed by atoms with E-state index in [1.807, 2.05) is 12.4 Å². The highest BCUT2D eigenvalue weighted by Crippen LogP contribution is 2.33. The second-order valence-electron chi connectivity index (χ2n) is 4.99. The molecule has 1 aromatic rings. The molecule has 0 spiro atoms. The van der Waals surface area contributed by atoms with E-state index in [1.165, 1.54) is 36.8 Å². The smallest absolute Gasteiger partial charge is 0.0318 e. The molecule has 0 aromatic carbocycles. The number of aromatic nitrogens is 1. The first-order valence-electron chi connectivity index (χ1n) is 6.41. The second kappa shape index (κ2) is 5.44. The number of nitrogens with zero attached hydrogens (tertiary/aromatic N) is 1. The quantitative estimate of drug-likeness (QED) is 0.741. The molecule has 0 radical (unpaired) electrons. The van der Waals surface area contributed by atoms with E-state index in [4.69, 9.17) is 0 Å². The molecule has 1 fully saturated rings. The fraction of sp³-hybridized carbons (Fsp3) is 0.643. The molecule has 0 bridgehead atoms. The largest absolute Gasteiger partial charge is 0.310 e. The first-order chi connectivity index (χ1) is 7.77. The zero-order chi connectivity index (χ0) is 11.4. The van der Waals surface area contributed by atoms with E-state index < -0.39 is 0 Å². The summed E-state index contributed by atoms with van der Waals surface area (Å²) < 4.78 is 0. The highest BCUT2D eigenvalue weighted by Gasteiger charge is 2.20. The third-order valence-corrected chi connectivity index (χ3v) is 3.48. The summed E-state index contributed by atoms with van der Waals surface area (Å²) in [5, 5.41) is 3.58. The highest BCUT2D eigenvalue weighted by atomic mass is 14.9. The Labute approximate surface area is 98.5 Å². The number of hydrogen-bond acceptors (Lipinski definition) is 2. The van der Waals surface area contributed by atoms with Gasteiger partial charge in [0.2, 0.25) is 0 Å². The van der Waals surface area contributed by atoms with Crippen molar-refractivity contribution < 1.29 is 0 Å². The van der Waals surface area contributed by atoms with Gasteiger partial charge in [-0.3, -0.25) is 4.98 Å². The molecule has 1 aliphatic rings. The van der Waals surface area contributed by atoms with E-state index in [0.717, 1.165) is 12.5 Å². The first kappa shape index (κ1) is 11.6. The van der Waals surface area contributed by atoms with Gasteiger partial charge in [0.05, 0.1) is 0 Å². The fourth-order valence-corrected chi connectivity index (χ4v) is 2.16. The van der Waals surface area contributed by atoms with Crippen molar-refractivity contribution in [1.29, 1.82) is 0 Å². The van der Waals surface area contributed by atoms with Crippen molar-refractivity contribution in [2.45, 2.75) is 45.6 Å². The Bertz CT molecular complexity index is 331. The second-order valence-corrected chi connectivity index (χ2v) is 4.99. The van der Waals surface area contributed by atoms with Gasteiger partial charge in [-0.15, -0.1) is 0 Å². The molecule has 1 N–H and O–H groups in total. The molecular formula is C14H22N2. The molecule has 16 heavy (non-hydrogen) atoms. The predicted octanol–water partition coefficient (Wildman–Crippen LogP) is 3.23. The van der Waals surface area contributed by atoms with Crippen LogP contribution in [0.1, 0.15) is 49.8 Å². The SMILES string of the molecule is Cc1ccncc1C(C)NCCCC1CC1. The van der Waals surface area contributed by atoms with Crippen LogP contribution in [-0.4, -0.2) is 11.5 Å². The monoisotopic (exact) mass is 218 g/mol. The van der Waals surface area contributed by atoms with Gasteiger partial charge in [-0.1, -0.05) is 12.8 Å². The van der Waals surface area contributed by atoms with Crippen LogP contribution in [0.25, 0.3) is 0 Å². The average Bonchev–Trinajstić information content (AvgIpc) is 3.08. The molecule has 2 nitrogen and oxygen atoms in total. The topological polar surface area (TPSA) is 24.9 Å². The molecule has 1 aliphatic carbocycles. The summed E-state index contributed by atoms with van der Waals surface area (Å²) in [6, 6.07) is 2.51. The van der Waals surface area contributed by atoms with Gasteiger partial charge in [0.25, 0.3) is 0 Å². The van der Waals surface area contributed by atoms with Crippen LogP contribution < -0.4 is 5.32 Å². The molecular weight excluding hydrogens is 196 g/mol. The lowest BCUT2D eigenvalue weighted by molar-refractivity contribution is 0.531. The molecule has 0 amide bonds. The van der Waals surface area contributed by atoms with Gasteiger partial charge in [-0.2, -0.15) is 0 Å². The minimum Gasteiger partial charge on any atom is -0.310 e. The summed E-state index contributed by atoms with van der Waals surface area (Å²) >= 11 is 0. The van der Waals surface area contributed by atoms with Gasteiger partial charge in [-0.05, 0) is 56.3 Å². The first-order valence-corrected chi connectivity index (χ1v) is 6.41. The maximum atomic E-state index is 4.19. The van der Waals surface area contributed by atoms with Crippen molar-refractivity contribution >= 4 is 0 Å². The molecule has 1 aromatic heterocycles. The van der Waals surface area contributed by atoms with Gasteiger partial charge in [0.15, 0.2) is 0 Å². The van der Waals surface area contributed by atoms with Gasteiger partial charge in [0, 0.05) is 18.4 Å². The van der Waals surface area contributed by atoms with Crippen LogP contribution in [-0.2, 0) is 0 Å². The molecule has 1 saturated carbocycles. The number of pyridine rings is 1. The molecule has 0 saturated heterocycles. The zero-order valence-corrected chi connectivity index (χ0v) is 10.4. The van der Waals surface area contributed by atoms with Crippen LogP contribution in [0.3, 0.4) is 0 Å². The van der Waals surface area contributed by atoms with Crippen molar-refractivity contribution in [3.8, 4) is 0 Å². The van der Waals surface area contributed by atoms with Gasteiger partial charge in [-0.25, -0.2) is 0 Å². The van der Waals surface area contributed by atoms with Crippen LogP contribution in [0.2, 0.25) is 0 Å². The van der Waals surface area contributed by atoms with Gasteiger partial charge >= 0.3 is 0 Å². The number of rotatable bonds is 6. The Morgan fingerprint density at radius 1 is 1.50 bits per heavy atom. The van der Waals surface area contributed by atoms with E-state index in [9.17, 15) is 0 Å². The number of hydrogen-bond donors (Lipinski definition) is 1. The Balaban J connectivity index is 1.73. The van der Waals surface area contributed by atoms with Crippen LogP contribution in [0.5, 0.6) is 0 Å².